The van der Waals surface area contributed by atoms with Crippen LogP contribution in [0.5, 0.6) is 0 Å². The number of nitrogens with zero attached hydrogens (tertiary/aromatic N) is 1. The second kappa shape index (κ2) is 6.00. The quantitative estimate of drug-likeness (QED) is 0.649. The van der Waals surface area contributed by atoms with Crippen molar-refractivity contribution in [1.82, 2.24) is 10.6 Å². The molecule has 6 heteroatoms. The molecule has 1 heterocycles. The third-order valence-electron chi connectivity index (χ3n) is 3.77. The molecule has 0 aliphatic carbocycles. The fourth-order valence-electron chi connectivity index (χ4n) is 2.43. The highest BCUT2D eigenvalue weighted by atomic mass is 16.6. The number of amides is 1. The van der Waals surface area contributed by atoms with Gasteiger partial charge in [0.05, 0.1) is 4.92 Å². The summed E-state index contributed by atoms with van der Waals surface area (Å²) in [4.78, 5) is 22.6. The maximum absolute atomic E-state index is 12.2. The molecule has 1 fully saturated rings. The zero-order valence-corrected chi connectivity index (χ0v) is 11.7. The molecule has 2 N–H and O–H groups in total. The first-order valence-corrected chi connectivity index (χ1v) is 6.75. The lowest BCUT2D eigenvalue weighted by Crippen LogP contribution is -2.48. The lowest BCUT2D eigenvalue weighted by molar-refractivity contribution is -0.385. The van der Waals surface area contributed by atoms with Crippen LogP contribution in [0.4, 0.5) is 5.69 Å². The van der Waals surface area contributed by atoms with E-state index in [9.17, 15) is 14.9 Å². The average Bonchev–Trinajstić information content (AvgIpc) is 2.41. The average molecular weight is 277 g/mol. The molecule has 0 spiro atoms. The van der Waals surface area contributed by atoms with Crippen molar-refractivity contribution in [1.29, 1.82) is 0 Å². The molecule has 1 aromatic rings. The van der Waals surface area contributed by atoms with Gasteiger partial charge in [-0.05, 0) is 38.4 Å². The van der Waals surface area contributed by atoms with Gasteiger partial charge in [0.15, 0.2) is 0 Å². The first-order chi connectivity index (χ1) is 9.49. The van der Waals surface area contributed by atoms with Crippen LogP contribution in [0.3, 0.4) is 0 Å². The molecule has 1 amide bonds. The summed E-state index contributed by atoms with van der Waals surface area (Å²) in [6, 6.07) is 4.70. The van der Waals surface area contributed by atoms with Gasteiger partial charge in [0.25, 0.3) is 11.6 Å². The van der Waals surface area contributed by atoms with Gasteiger partial charge in [-0.15, -0.1) is 0 Å². The van der Waals surface area contributed by atoms with E-state index in [1.54, 1.807) is 19.1 Å². The topological polar surface area (TPSA) is 84.3 Å². The summed E-state index contributed by atoms with van der Waals surface area (Å²) in [5, 5.41) is 17.1. The Morgan fingerprint density at radius 1 is 1.50 bits per heavy atom. The fourth-order valence-corrected chi connectivity index (χ4v) is 2.43. The van der Waals surface area contributed by atoms with E-state index < -0.39 is 4.92 Å². The predicted molar refractivity (Wildman–Crippen MR) is 75.7 cm³/mol. The van der Waals surface area contributed by atoms with Gasteiger partial charge < -0.3 is 10.6 Å². The van der Waals surface area contributed by atoms with Crippen LogP contribution >= 0.6 is 0 Å². The predicted octanol–water partition coefficient (Wildman–Crippen LogP) is 1.63. The van der Waals surface area contributed by atoms with E-state index in [0.717, 1.165) is 19.5 Å². The van der Waals surface area contributed by atoms with Crippen molar-refractivity contribution in [2.24, 2.45) is 5.92 Å². The number of rotatable bonds is 3. The lowest BCUT2D eigenvalue weighted by atomic mass is 9.95. The van der Waals surface area contributed by atoms with E-state index in [0.29, 0.717) is 17.0 Å². The third kappa shape index (κ3) is 3.14. The molecule has 6 nitrogen and oxygen atoms in total. The minimum Gasteiger partial charge on any atom is -0.349 e. The summed E-state index contributed by atoms with van der Waals surface area (Å²) in [6.45, 7) is 5.49. The highest BCUT2D eigenvalue weighted by Gasteiger charge is 2.24. The third-order valence-corrected chi connectivity index (χ3v) is 3.77. The fraction of sp³-hybridized carbons (Fsp3) is 0.500. The molecule has 20 heavy (non-hydrogen) atoms. The number of carbonyl (C=O) groups is 1. The van der Waals surface area contributed by atoms with Gasteiger partial charge in [0.2, 0.25) is 0 Å². The number of hydrogen-bond acceptors (Lipinski definition) is 4. The number of piperidine rings is 1. The summed E-state index contributed by atoms with van der Waals surface area (Å²) in [6.07, 6.45) is 0.876. The van der Waals surface area contributed by atoms with Gasteiger partial charge in [-0.25, -0.2) is 0 Å². The number of hydrogen-bond donors (Lipinski definition) is 2. The van der Waals surface area contributed by atoms with Crippen molar-refractivity contribution in [2.45, 2.75) is 26.3 Å². The summed E-state index contributed by atoms with van der Waals surface area (Å²) in [5.74, 6) is 0.111. The Labute approximate surface area is 117 Å². The van der Waals surface area contributed by atoms with E-state index in [1.807, 2.05) is 0 Å². The van der Waals surface area contributed by atoms with Crippen LogP contribution in [-0.2, 0) is 0 Å². The molecule has 2 unspecified atom stereocenters. The van der Waals surface area contributed by atoms with Crippen molar-refractivity contribution in [2.75, 3.05) is 13.1 Å². The highest BCUT2D eigenvalue weighted by molar-refractivity contribution is 5.95. The second-order valence-corrected chi connectivity index (χ2v) is 5.31. The zero-order chi connectivity index (χ0) is 14.7. The van der Waals surface area contributed by atoms with Crippen LogP contribution in [0.2, 0.25) is 0 Å². The van der Waals surface area contributed by atoms with Crippen LogP contribution in [0, 0.1) is 23.0 Å². The van der Waals surface area contributed by atoms with Crippen molar-refractivity contribution in [3.8, 4) is 0 Å². The molecule has 108 valence electrons. The van der Waals surface area contributed by atoms with Gasteiger partial charge in [0.1, 0.15) is 0 Å². The second-order valence-electron chi connectivity index (χ2n) is 5.31. The molecular formula is C14H19N3O3. The molecule has 0 radical (unpaired) electrons. The molecule has 1 saturated heterocycles. The van der Waals surface area contributed by atoms with E-state index >= 15 is 0 Å². The maximum Gasteiger partial charge on any atom is 0.273 e. The van der Waals surface area contributed by atoms with E-state index in [4.69, 9.17) is 0 Å². The molecule has 2 atom stereocenters. The van der Waals surface area contributed by atoms with Gasteiger partial charge in [-0.3, -0.25) is 14.9 Å². The van der Waals surface area contributed by atoms with Crippen LogP contribution < -0.4 is 10.6 Å². The molecular weight excluding hydrogens is 258 g/mol. The normalized spacial score (nSPS) is 22.3. The minimum atomic E-state index is -0.459. The van der Waals surface area contributed by atoms with Gasteiger partial charge in [-0.2, -0.15) is 0 Å². The Morgan fingerprint density at radius 3 is 2.90 bits per heavy atom. The maximum atomic E-state index is 12.2. The number of carbonyl (C=O) groups excluding carboxylic acids is 1. The molecule has 1 aliphatic rings. The molecule has 0 saturated carbocycles. The smallest absolute Gasteiger partial charge is 0.273 e. The summed E-state index contributed by atoms with van der Waals surface area (Å²) < 4.78 is 0. The van der Waals surface area contributed by atoms with Crippen LogP contribution in [0.25, 0.3) is 0 Å². The van der Waals surface area contributed by atoms with Crippen molar-refractivity contribution in [3.05, 3.63) is 39.4 Å². The number of nitro benzene ring substituents is 1. The van der Waals surface area contributed by atoms with E-state index in [-0.39, 0.29) is 17.6 Å². The largest absolute Gasteiger partial charge is 0.349 e. The molecule has 0 bridgehead atoms. The Kier molecular flexibility index (Phi) is 4.34. The number of aryl methyl sites for hydroxylation is 1. The monoisotopic (exact) mass is 277 g/mol. The first-order valence-electron chi connectivity index (χ1n) is 6.75. The standard InChI is InChI=1S/C14H19N3O3/c1-9-3-4-11(7-13(9)17(19)20)14(18)16-12-5-6-15-8-10(12)2/h3-4,7,10,12,15H,5-6,8H2,1-2H3,(H,16,18). The summed E-state index contributed by atoms with van der Waals surface area (Å²) >= 11 is 0. The van der Waals surface area contributed by atoms with Crippen LogP contribution in [-0.4, -0.2) is 30.0 Å². The van der Waals surface area contributed by atoms with Crippen molar-refractivity contribution in [3.63, 3.8) is 0 Å². The lowest BCUT2D eigenvalue weighted by Gasteiger charge is -2.30. The van der Waals surface area contributed by atoms with Crippen molar-refractivity contribution < 1.29 is 9.72 Å². The minimum absolute atomic E-state index is 0.0176. The Balaban J connectivity index is 2.13. The Hall–Kier alpha value is -1.95. The number of nitro groups is 1. The Morgan fingerprint density at radius 2 is 2.25 bits per heavy atom. The zero-order valence-electron chi connectivity index (χ0n) is 11.7. The van der Waals surface area contributed by atoms with Gasteiger partial charge >= 0.3 is 0 Å². The van der Waals surface area contributed by atoms with E-state index in [2.05, 4.69) is 17.6 Å². The number of nitrogens with one attached hydrogen (secondary N) is 2. The molecule has 1 aromatic carbocycles. The van der Waals surface area contributed by atoms with Crippen LogP contribution in [0.1, 0.15) is 29.3 Å². The number of benzene rings is 1. The SMILES string of the molecule is Cc1ccc(C(=O)NC2CCNCC2C)cc1[N+](=O)[O-]. The summed E-state index contributed by atoms with van der Waals surface area (Å²) in [7, 11) is 0. The van der Waals surface area contributed by atoms with Crippen molar-refractivity contribution >= 4 is 11.6 Å². The highest BCUT2D eigenvalue weighted by Crippen LogP contribution is 2.20. The Bertz CT molecular complexity index is 530. The molecule has 0 aromatic heterocycles. The first kappa shape index (κ1) is 14.5. The van der Waals surface area contributed by atoms with Gasteiger partial charge in [-0.1, -0.05) is 13.0 Å². The molecule has 2 rings (SSSR count). The van der Waals surface area contributed by atoms with Crippen LogP contribution in [0.15, 0.2) is 18.2 Å². The molecule has 1 aliphatic heterocycles. The van der Waals surface area contributed by atoms with Gasteiger partial charge in [0, 0.05) is 23.2 Å². The van der Waals surface area contributed by atoms with E-state index in [1.165, 1.54) is 6.07 Å². The summed E-state index contributed by atoms with van der Waals surface area (Å²) in [5.41, 5.74) is 0.880.